The average molecular weight is 493 g/mol. The van der Waals surface area contributed by atoms with Crippen LogP contribution in [0.2, 0.25) is 0 Å². The maximum absolute atomic E-state index is 10.3. The predicted octanol–water partition coefficient (Wildman–Crippen LogP) is 8.58. The fourth-order valence-corrected chi connectivity index (χ4v) is 9.63. The second-order valence-corrected chi connectivity index (χ2v) is 14.0. The van der Waals surface area contributed by atoms with Gasteiger partial charge in [-0.25, -0.2) is 0 Å². The van der Waals surface area contributed by atoms with E-state index in [9.17, 15) is 5.11 Å². The van der Waals surface area contributed by atoms with Crippen molar-refractivity contribution in [3.63, 3.8) is 0 Å². The Bertz CT molecular complexity index is 905. The second kappa shape index (κ2) is 10.6. The predicted molar refractivity (Wildman–Crippen MR) is 149 cm³/mol. The first-order valence-corrected chi connectivity index (χ1v) is 15.3. The van der Waals surface area contributed by atoms with E-state index in [1.165, 1.54) is 56.9 Å². The molecule has 0 saturated heterocycles. The average Bonchev–Trinajstić information content (AvgIpc) is 3.22. The van der Waals surface area contributed by atoms with Gasteiger partial charge in [-0.05, 0) is 116 Å². The normalized spacial score (nSPS) is 39.6. The van der Waals surface area contributed by atoms with Crippen LogP contribution < -0.4 is 0 Å². The summed E-state index contributed by atoms with van der Waals surface area (Å²) in [6, 6.07) is 10.6. The number of aliphatic hydroxyl groups is 1. The van der Waals surface area contributed by atoms with E-state index in [2.05, 4.69) is 71.0 Å². The number of hydrogen-bond acceptors (Lipinski definition) is 2. The highest BCUT2D eigenvalue weighted by molar-refractivity contribution is 5.25. The Hall–Kier alpha value is -1.12. The van der Waals surface area contributed by atoms with Crippen LogP contribution in [0.4, 0.5) is 0 Å². The van der Waals surface area contributed by atoms with E-state index in [-0.39, 0.29) is 6.10 Å². The van der Waals surface area contributed by atoms with E-state index < -0.39 is 0 Å². The Morgan fingerprint density at radius 3 is 2.47 bits per heavy atom. The number of ether oxygens (including phenoxy) is 1. The van der Waals surface area contributed by atoms with Gasteiger partial charge in [0.25, 0.3) is 0 Å². The third-order valence-corrected chi connectivity index (χ3v) is 11.8. The Labute approximate surface area is 221 Å². The first kappa shape index (κ1) is 26.5. The Kier molecular flexibility index (Phi) is 7.77. The van der Waals surface area contributed by atoms with Crippen molar-refractivity contribution >= 4 is 0 Å². The number of hydrogen-bond donors (Lipinski definition) is 1. The summed E-state index contributed by atoms with van der Waals surface area (Å²) in [5, 5.41) is 10.3. The molecule has 0 radical (unpaired) electrons. The Morgan fingerprint density at radius 1 is 0.944 bits per heavy atom. The molecule has 1 N–H and O–H groups in total. The molecule has 0 aromatic heterocycles. The number of benzene rings is 1. The maximum Gasteiger partial charge on any atom is 0.0720 e. The highest BCUT2D eigenvalue weighted by Crippen LogP contribution is 2.67. The molecule has 0 heterocycles. The summed E-state index contributed by atoms with van der Waals surface area (Å²) >= 11 is 0. The molecule has 0 spiro atoms. The summed E-state index contributed by atoms with van der Waals surface area (Å²) in [4.78, 5) is 0. The van der Waals surface area contributed by atoms with Crippen molar-refractivity contribution in [1.82, 2.24) is 0 Å². The molecule has 9 atom stereocenters. The lowest BCUT2D eigenvalue weighted by molar-refractivity contribution is -0.0591. The van der Waals surface area contributed by atoms with E-state index >= 15 is 0 Å². The monoisotopic (exact) mass is 492 g/mol. The number of rotatable bonds is 8. The maximum atomic E-state index is 10.3. The number of allylic oxidation sites excluding steroid dienone is 1. The van der Waals surface area contributed by atoms with Gasteiger partial charge < -0.3 is 9.84 Å². The molecule has 0 amide bonds. The van der Waals surface area contributed by atoms with Crippen molar-refractivity contribution in [2.75, 3.05) is 0 Å². The molecule has 3 saturated carbocycles. The van der Waals surface area contributed by atoms with Crippen molar-refractivity contribution in [2.24, 2.45) is 46.3 Å². The quantitative estimate of drug-likeness (QED) is 0.368. The molecule has 0 bridgehead atoms. The van der Waals surface area contributed by atoms with Gasteiger partial charge in [0, 0.05) is 0 Å². The second-order valence-electron chi connectivity index (χ2n) is 14.0. The van der Waals surface area contributed by atoms with Crippen LogP contribution in [-0.2, 0) is 11.3 Å². The summed E-state index contributed by atoms with van der Waals surface area (Å²) in [7, 11) is 0. The molecule has 2 nitrogen and oxygen atoms in total. The molecule has 1 aromatic rings. The van der Waals surface area contributed by atoms with Crippen LogP contribution in [0.1, 0.15) is 104 Å². The van der Waals surface area contributed by atoms with Gasteiger partial charge in [-0.15, -0.1) is 0 Å². The molecule has 2 heteroatoms. The molecular weight excluding hydrogens is 440 g/mol. The van der Waals surface area contributed by atoms with Gasteiger partial charge >= 0.3 is 0 Å². The first-order valence-electron chi connectivity index (χ1n) is 15.3. The molecule has 0 unspecified atom stereocenters. The molecule has 3 fully saturated rings. The molecule has 4 aliphatic rings. The summed E-state index contributed by atoms with van der Waals surface area (Å²) in [6.07, 6.45) is 15.4. The van der Waals surface area contributed by atoms with Crippen LogP contribution in [0.5, 0.6) is 0 Å². The van der Waals surface area contributed by atoms with E-state index in [4.69, 9.17) is 4.74 Å². The van der Waals surface area contributed by atoms with Crippen molar-refractivity contribution in [3.05, 3.63) is 47.5 Å². The smallest absolute Gasteiger partial charge is 0.0720 e. The minimum atomic E-state index is -0.0993. The fourth-order valence-electron chi connectivity index (χ4n) is 9.63. The van der Waals surface area contributed by atoms with E-state index in [0.717, 1.165) is 49.0 Å². The largest absolute Gasteiger partial charge is 0.393 e. The third kappa shape index (κ3) is 4.86. The summed E-state index contributed by atoms with van der Waals surface area (Å²) in [5.74, 6) is 4.78. The van der Waals surface area contributed by atoms with Crippen molar-refractivity contribution in [2.45, 2.75) is 118 Å². The van der Waals surface area contributed by atoms with Gasteiger partial charge in [-0.2, -0.15) is 0 Å². The third-order valence-electron chi connectivity index (χ3n) is 11.8. The SMILES string of the molecule is CC(C)[C@H](CC[C@@H](C)[C@H]1CC[C@H]2[C@@H]3CC=C4C[C@@H](O)CC[C@]4(C)[C@H]3CC[C@]12C)OCc1ccccc1. The fraction of sp³-hybridized carbons (Fsp3) is 0.765. The minimum absolute atomic E-state index is 0.0993. The molecule has 4 aliphatic carbocycles. The number of fused-ring (bicyclic) bond motifs is 5. The van der Waals surface area contributed by atoms with E-state index in [1.807, 2.05) is 0 Å². The highest BCUT2D eigenvalue weighted by Gasteiger charge is 2.59. The van der Waals surface area contributed by atoms with Crippen molar-refractivity contribution in [1.29, 1.82) is 0 Å². The lowest BCUT2D eigenvalue weighted by atomic mass is 9.47. The summed E-state index contributed by atoms with van der Waals surface area (Å²) in [5.41, 5.74) is 3.75. The van der Waals surface area contributed by atoms with Gasteiger partial charge in [0.1, 0.15) is 0 Å². The molecule has 0 aliphatic heterocycles. The first-order chi connectivity index (χ1) is 17.2. The van der Waals surface area contributed by atoms with Gasteiger partial charge in [0.05, 0.1) is 18.8 Å². The van der Waals surface area contributed by atoms with Gasteiger partial charge in [0.2, 0.25) is 0 Å². The number of aliphatic hydroxyl groups excluding tert-OH is 1. The zero-order valence-corrected chi connectivity index (χ0v) is 23.7. The van der Waals surface area contributed by atoms with Crippen LogP contribution in [0.3, 0.4) is 0 Å². The summed E-state index contributed by atoms with van der Waals surface area (Å²) in [6.45, 7) is 13.2. The summed E-state index contributed by atoms with van der Waals surface area (Å²) < 4.78 is 6.45. The van der Waals surface area contributed by atoms with Crippen molar-refractivity contribution < 1.29 is 9.84 Å². The lowest BCUT2D eigenvalue weighted by Crippen LogP contribution is -2.50. The van der Waals surface area contributed by atoms with Crippen LogP contribution in [0, 0.1) is 46.3 Å². The van der Waals surface area contributed by atoms with Crippen LogP contribution in [0.15, 0.2) is 42.0 Å². The molecule has 1 aromatic carbocycles. The van der Waals surface area contributed by atoms with E-state index in [1.54, 1.807) is 5.57 Å². The highest BCUT2D eigenvalue weighted by atomic mass is 16.5. The van der Waals surface area contributed by atoms with Crippen LogP contribution in [-0.4, -0.2) is 17.3 Å². The zero-order valence-electron chi connectivity index (χ0n) is 23.7. The van der Waals surface area contributed by atoms with Gasteiger partial charge in [0.15, 0.2) is 0 Å². The Balaban J connectivity index is 1.22. The van der Waals surface area contributed by atoms with Gasteiger partial charge in [-0.1, -0.05) is 76.6 Å². The molecular formula is C34H52O2. The topological polar surface area (TPSA) is 29.5 Å². The van der Waals surface area contributed by atoms with Crippen LogP contribution >= 0.6 is 0 Å². The lowest BCUT2D eigenvalue weighted by Gasteiger charge is -2.58. The Morgan fingerprint density at radius 2 is 1.72 bits per heavy atom. The van der Waals surface area contributed by atoms with E-state index in [0.29, 0.717) is 22.9 Å². The minimum Gasteiger partial charge on any atom is -0.393 e. The molecule has 36 heavy (non-hydrogen) atoms. The van der Waals surface area contributed by atoms with Gasteiger partial charge in [-0.3, -0.25) is 0 Å². The van der Waals surface area contributed by atoms with Crippen molar-refractivity contribution in [3.8, 4) is 0 Å². The van der Waals surface area contributed by atoms with Crippen LogP contribution in [0.25, 0.3) is 0 Å². The standard InChI is InChI=1S/C34H52O2/c1-23(2)32(36-22-25-9-7-6-8-10-25)16-11-24(3)29-14-15-30-28-13-12-26-21-27(35)17-19-33(26,4)31(28)18-20-34(29,30)5/h6-10,12,23-24,27-32,35H,11,13-22H2,1-5H3/t24-,27+,28+,29-,30+,31+,32+,33+,34-/m1/s1. The molecule has 5 rings (SSSR count). The molecule has 200 valence electrons. The zero-order chi connectivity index (χ0) is 25.5.